The van der Waals surface area contributed by atoms with Gasteiger partial charge in [-0.25, -0.2) is 14.1 Å². The average Bonchev–Trinajstić information content (AvgIpc) is 2.81. The fourth-order valence-corrected chi connectivity index (χ4v) is 2.21. The quantitative estimate of drug-likeness (QED) is 0.878. The van der Waals surface area contributed by atoms with Gasteiger partial charge < -0.3 is 5.32 Å². The molecule has 1 aromatic heterocycles. The Bertz CT molecular complexity index is 568. The SMILES string of the molecule is CC(C)CNCc1ncn(Cc2cc(Br)ccc2F)n1. The van der Waals surface area contributed by atoms with E-state index in [0.717, 1.165) is 16.8 Å². The Labute approximate surface area is 126 Å². The van der Waals surface area contributed by atoms with Gasteiger partial charge in [-0.15, -0.1) is 0 Å². The lowest BCUT2D eigenvalue weighted by molar-refractivity contribution is 0.537. The molecule has 2 rings (SSSR count). The summed E-state index contributed by atoms with van der Waals surface area (Å²) in [5.41, 5.74) is 0.589. The fourth-order valence-electron chi connectivity index (χ4n) is 1.80. The molecule has 108 valence electrons. The summed E-state index contributed by atoms with van der Waals surface area (Å²) in [6.45, 7) is 6.23. The fraction of sp³-hybridized carbons (Fsp3) is 0.429. The first-order valence-corrected chi connectivity index (χ1v) is 7.37. The molecule has 0 atom stereocenters. The van der Waals surface area contributed by atoms with E-state index in [9.17, 15) is 4.39 Å². The van der Waals surface area contributed by atoms with Crippen LogP contribution in [0.3, 0.4) is 0 Å². The van der Waals surface area contributed by atoms with Gasteiger partial charge in [0.25, 0.3) is 0 Å². The topological polar surface area (TPSA) is 42.7 Å². The highest BCUT2D eigenvalue weighted by molar-refractivity contribution is 9.10. The zero-order chi connectivity index (χ0) is 14.5. The number of hydrogen-bond acceptors (Lipinski definition) is 3. The summed E-state index contributed by atoms with van der Waals surface area (Å²) in [6, 6.07) is 4.89. The largest absolute Gasteiger partial charge is 0.310 e. The molecule has 20 heavy (non-hydrogen) atoms. The van der Waals surface area contributed by atoms with Crippen molar-refractivity contribution in [3.8, 4) is 0 Å². The maximum Gasteiger partial charge on any atom is 0.164 e. The number of halogens is 2. The van der Waals surface area contributed by atoms with Gasteiger partial charge in [0.15, 0.2) is 5.82 Å². The summed E-state index contributed by atoms with van der Waals surface area (Å²) in [6.07, 6.45) is 1.63. The zero-order valence-corrected chi connectivity index (χ0v) is 13.2. The van der Waals surface area contributed by atoms with Crippen LogP contribution in [0.2, 0.25) is 0 Å². The van der Waals surface area contributed by atoms with Crippen LogP contribution in [0.5, 0.6) is 0 Å². The lowest BCUT2D eigenvalue weighted by Crippen LogP contribution is -2.19. The molecule has 6 heteroatoms. The van der Waals surface area contributed by atoms with Crippen molar-refractivity contribution in [1.29, 1.82) is 0 Å². The maximum atomic E-state index is 13.7. The van der Waals surface area contributed by atoms with Crippen LogP contribution in [0.25, 0.3) is 0 Å². The maximum absolute atomic E-state index is 13.7. The molecule has 4 nitrogen and oxygen atoms in total. The molecule has 0 aliphatic heterocycles. The predicted molar refractivity (Wildman–Crippen MR) is 79.8 cm³/mol. The minimum Gasteiger partial charge on any atom is -0.310 e. The molecule has 1 heterocycles. The second-order valence-corrected chi connectivity index (χ2v) is 6.03. The van der Waals surface area contributed by atoms with E-state index in [4.69, 9.17) is 0 Å². The van der Waals surface area contributed by atoms with Gasteiger partial charge in [0.1, 0.15) is 12.1 Å². The standard InChI is InChI=1S/C14H18BrFN4/c1-10(2)6-17-7-14-18-9-20(19-14)8-11-5-12(15)3-4-13(11)16/h3-5,9-10,17H,6-8H2,1-2H3. The Morgan fingerprint density at radius 1 is 1.40 bits per heavy atom. The third-order valence-electron chi connectivity index (χ3n) is 2.76. The molecule has 0 radical (unpaired) electrons. The van der Waals surface area contributed by atoms with Crippen molar-refractivity contribution in [1.82, 2.24) is 20.1 Å². The van der Waals surface area contributed by atoms with E-state index in [2.05, 4.69) is 45.2 Å². The number of benzene rings is 1. The summed E-state index contributed by atoms with van der Waals surface area (Å²) in [4.78, 5) is 4.22. The van der Waals surface area contributed by atoms with Gasteiger partial charge in [0.05, 0.1) is 13.1 Å². The minimum atomic E-state index is -0.233. The molecule has 2 aromatic rings. The van der Waals surface area contributed by atoms with Gasteiger partial charge in [-0.2, -0.15) is 5.10 Å². The number of hydrogen-bond donors (Lipinski definition) is 1. The van der Waals surface area contributed by atoms with E-state index in [1.807, 2.05) is 0 Å². The third-order valence-corrected chi connectivity index (χ3v) is 3.25. The molecule has 1 N–H and O–H groups in total. The van der Waals surface area contributed by atoms with Crippen molar-refractivity contribution in [2.75, 3.05) is 6.54 Å². The Hall–Kier alpha value is -1.27. The van der Waals surface area contributed by atoms with Gasteiger partial charge in [-0.05, 0) is 30.7 Å². The molecular weight excluding hydrogens is 323 g/mol. The van der Waals surface area contributed by atoms with Crippen molar-refractivity contribution in [2.45, 2.75) is 26.9 Å². The van der Waals surface area contributed by atoms with E-state index in [1.165, 1.54) is 6.07 Å². The van der Waals surface area contributed by atoms with E-state index in [0.29, 0.717) is 24.6 Å². The normalized spacial score (nSPS) is 11.2. The first-order valence-electron chi connectivity index (χ1n) is 6.57. The molecule has 1 aromatic carbocycles. The molecule has 0 fully saturated rings. The molecule has 0 saturated heterocycles. The molecule has 0 aliphatic carbocycles. The molecular formula is C14H18BrFN4. The number of rotatable bonds is 6. The van der Waals surface area contributed by atoms with Crippen LogP contribution in [0.4, 0.5) is 4.39 Å². The summed E-state index contributed by atoms with van der Waals surface area (Å²) in [7, 11) is 0. The van der Waals surface area contributed by atoms with Crippen LogP contribution < -0.4 is 5.32 Å². The second-order valence-electron chi connectivity index (χ2n) is 5.12. The monoisotopic (exact) mass is 340 g/mol. The van der Waals surface area contributed by atoms with Crippen LogP contribution in [-0.4, -0.2) is 21.3 Å². The smallest absolute Gasteiger partial charge is 0.164 e. The van der Waals surface area contributed by atoms with Crippen molar-refractivity contribution in [2.24, 2.45) is 5.92 Å². The lowest BCUT2D eigenvalue weighted by atomic mass is 10.2. The van der Waals surface area contributed by atoms with Gasteiger partial charge in [-0.3, -0.25) is 0 Å². The Balaban J connectivity index is 1.97. The molecule has 0 aliphatic rings. The number of nitrogens with zero attached hydrogens (tertiary/aromatic N) is 3. The molecule has 0 amide bonds. The lowest BCUT2D eigenvalue weighted by Gasteiger charge is -2.05. The highest BCUT2D eigenvalue weighted by Gasteiger charge is 2.06. The van der Waals surface area contributed by atoms with E-state index >= 15 is 0 Å². The van der Waals surface area contributed by atoms with Crippen molar-refractivity contribution in [3.63, 3.8) is 0 Å². The van der Waals surface area contributed by atoms with Crippen LogP contribution in [0.15, 0.2) is 29.0 Å². The van der Waals surface area contributed by atoms with E-state index in [-0.39, 0.29) is 5.82 Å². The van der Waals surface area contributed by atoms with Gasteiger partial charge in [-0.1, -0.05) is 29.8 Å². The van der Waals surface area contributed by atoms with E-state index in [1.54, 1.807) is 23.1 Å². The van der Waals surface area contributed by atoms with Gasteiger partial charge in [0, 0.05) is 10.0 Å². The predicted octanol–water partition coefficient (Wildman–Crippen LogP) is 2.97. The zero-order valence-electron chi connectivity index (χ0n) is 11.6. The number of nitrogens with one attached hydrogen (secondary N) is 1. The van der Waals surface area contributed by atoms with Gasteiger partial charge in [0.2, 0.25) is 0 Å². The summed E-state index contributed by atoms with van der Waals surface area (Å²) < 4.78 is 16.2. The Morgan fingerprint density at radius 2 is 2.20 bits per heavy atom. The minimum absolute atomic E-state index is 0.233. The summed E-state index contributed by atoms with van der Waals surface area (Å²) >= 11 is 3.34. The molecule has 0 spiro atoms. The van der Waals surface area contributed by atoms with Crippen LogP contribution in [-0.2, 0) is 13.1 Å². The third kappa shape index (κ3) is 4.38. The Morgan fingerprint density at radius 3 is 2.95 bits per heavy atom. The molecule has 0 saturated carbocycles. The van der Waals surface area contributed by atoms with Crippen molar-refractivity contribution < 1.29 is 4.39 Å². The van der Waals surface area contributed by atoms with Crippen LogP contribution in [0, 0.1) is 11.7 Å². The summed E-state index contributed by atoms with van der Waals surface area (Å²) in [5.74, 6) is 1.08. The first kappa shape index (κ1) is 15.1. The van der Waals surface area contributed by atoms with E-state index < -0.39 is 0 Å². The highest BCUT2D eigenvalue weighted by atomic mass is 79.9. The first-order chi connectivity index (χ1) is 9.54. The van der Waals surface area contributed by atoms with Crippen molar-refractivity contribution >= 4 is 15.9 Å². The number of aromatic nitrogens is 3. The van der Waals surface area contributed by atoms with Gasteiger partial charge >= 0.3 is 0 Å². The summed E-state index contributed by atoms with van der Waals surface area (Å²) in [5, 5.41) is 7.61. The molecule has 0 bridgehead atoms. The Kier molecular flexibility index (Phi) is 5.25. The van der Waals surface area contributed by atoms with Crippen LogP contribution in [0.1, 0.15) is 25.2 Å². The average molecular weight is 341 g/mol. The second kappa shape index (κ2) is 6.95. The molecule has 0 unspecified atom stereocenters. The highest BCUT2D eigenvalue weighted by Crippen LogP contribution is 2.16. The van der Waals surface area contributed by atoms with Crippen molar-refractivity contribution in [3.05, 3.63) is 46.2 Å². The van der Waals surface area contributed by atoms with Crippen LogP contribution >= 0.6 is 15.9 Å².